The first-order chi connectivity index (χ1) is 7.68. The Kier molecular flexibility index (Phi) is 3.24. The van der Waals surface area contributed by atoms with Crippen molar-refractivity contribution in [3.8, 4) is 0 Å². The van der Waals surface area contributed by atoms with Gasteiger partial charge in [-0.2, -0.15) is 0 Å². The van der Waals surface area contributed by atoms with Crippen molar-refractivity contribution in [3.05, 3.63) is 11.3 Å². The molecule has 1 fully saturated rings. The zero-order valence-corrected chi connectivity index (χ0v) is 9.67. The van der Waals surface area contributed by atoms with Crippen LogP contribution in [-0.4, -0.2) is 24.2 Å². The lowest BCUT2D eigenvalue weighted by atomic mass is 9.99. The zero-order valence-electron chi connectivity index (χ0n) is 9.67. The molecule has 1 atom stereocenters. The lowest BCUT2D eigenvalue weighted by Crippen LogP contribution is -2.37. The molecule has 0 spiro atoms. The van der Waals surface area contributed by atoms with Crippen molar-refractivity contribution in [3.63, 3.8) is 0 Å². The van der Waals surface area contributed by atoms with E-state index in [0.29, 0.717) is 5.88 Å². The quantitative estimate of drug-likeness (QED) is 0.791. The second-order valence-electron chi connectivity index (χ2n) is 4.25. The monoisotopic (exact) mass is 223 g/mol. The van der Waals surface area contributed by atoms with E-state index in [-0.39, 0.29) is 11.8 Å². The molecule has 2 rings (SSSR count). The van der Waals surface area contributed by atoms with E-state index in [1.54, 1.807) is 0 Å². The van der Waals surface area contributed by atoms with Gasteiger partial charge in [0.2, 0.25) is 11.8 Å². The standard InChI is InChI=1S/C11H17N3O2/c1-7-8(2)14-16-11(7)13-10(15)9-4-3-5-12-6-9/h9,12H,3-6H2,1-2H3,(H,13,15). The maximum atomic E-state index is 11.9. The van der Waals surface area contributed by atoms with Crippen molar-refractivity contribution in [2.45, 2.75) is 26.7 Å². The van der Waals surface area contributed by atoms with Crippen molar-refractivity contribution in [2.75, 3.05) is 18.4 Å². The summed E-state index contributed by atoms with van der Waals surface area (Å²) in [6, 6.07) is 0. The molecule has 0 aliphatic carbocycles. The van der Waals surface area contributed by atoms with Gasteiger partial charge in [-0.3, -0.25) is 10.1 Å². The van der Waals surface area contributed by atoms with Gasteiger partial charge in [0.05, 0.1) is 11.6 Å². The summed E-state index contributed by atoms with van der Waals surface area (Å²) in [6.45, 7) is 5.50. The fourth-order valence-electron chi connectivity index (χ4n) is 1.82. The highest BCUT2D eigenvalue weighted by atomic mass is 16.5. The number of piperidine rings is 1. The lowest BCUT2D eigenvalue weighted by molar-refractivity contribution is -0.120. The molecule has 1 aromatic heterocycles. The fourth-order valence-corrected chi connectivity index (χ4v) is 1.82. The van der Waals surface area contributed by atoms with E-state index in [2.05, 4.69) is 15.8 Å². The van der Waals surface area contributed by atoms with Gasteiger partial charge in [-0.25, -0.2) is 0 Å². The van der Waals surface area contributed by atoms with E-state index in [0.717, 1.165) is 37.2 Å². The summed E-state index contributed by atoms with van der Waals surface area (Å²) < 4.78 is 5.05. The van der Waals surface area contributed by atoms with Crippen molar-refractivity contribution in [1.82, 2.24) is 10.5 Å². The Balaban J connectivity index is 1.98. The first kappa shape index (κ1) is 11.1. The summed E-state index contributed by atoms with van der Waals surface area (Å²) >= 11 is 0. The van der Waals surface area contributed by atoms with E-state index >= 15 is 0 Å². The van der Waals surface area contributed by atoms with Crippen LogP contribution in [0.2, 0.25) is 0 Å². The molecule has 0 aromatic carbocycles. The third-order valence-electron chi connectivity index (χ3n) is 3.06. The number of nitrogens with zero attached hydrogens (tertiary/aromatic N) is 1. The average molecular weight is 223 g/mol. The van der Waals surface area contributed by atoms with Gasteiger partial charge in [0.1, 0.15) is 0 Å². The van der Waals surface area contributed by atoms with Gasteiger partial charge in [0, 0.05) is 12.1 Å². The molecule has 2 heterocycles. The Morgan fingerprint density at radius 3 is 2.94 bits per heavy atom. The number of rotatable bonds is 2. The van der Waals surface area contributed by atoms with Crippen molar-refractivity contribution in [1.29, 1.82) is 0 Å². The van der Waals surface area contributed by atoms with Crippen LogP contribution < -0.4 is 10.6 Å². The van der Waals surface area contributed by atoms with Crippen LogP contribution in [-0.2, 0) is 4.79 Å². The maximum absolute atomic E-state index is 11.9. The van der Waals surface area contributed by atoms with Crippen molar-refractivity contribution >= 4 is 11.8 Å². The number of carbonyl (C=O) groups excluding carboxylic acids is 1. The number of hydrogen-bond donors (Lipinski definition) is 2. The van der Waals surface area contributed by atoms with Crippen LogP contribution in [0, 0.1) is 19.8 Å². The Labute approximate surface area is 94.6 Å². The molecule has 1 aliphatic heterocycles. The minimum atomic E-state index is 0.0199. The van der Waals surface area contributed by atoms with Crippen LogP contribution in [0.4, 0.5) is 5.88 Å². The third-order valence-corrected chi connectivity index (χ3v) is 3.06. The van der Waals surface area contributed by atoms with Crippen LogP contribution in [0.5, 0.6) is 0 Å². The summed E-state index contributed by atoms with van der Waals surface area (Å²) in [6.07, 6.45) is 1.98. The number of aryl methyl sites for hydroxylation is 1. The maximum Gasteiger partial charge on any atom is 0.234 e. The van der Waals surface area contributed by atoms with E-state index in [4.69, 9.17) is 4.52 Å². The number of aromatic nitrogens is 1. The zero-order chi connectivity index (χ0) is 11.5. The SMILES string of the molecule is Cc1noc(NC(=O)C2CCCNC2)c1C. The van der Waals surface area contributed by atoms with Crippen LogP contribution in [0.1, 0.15) is 24.1 Å². The molecule has 16 heavy (non-hydrogen) atoms. The Bertz CT molecular complexity index is 381. The minimum absolute atomic E-state index is 0.0199. The molecule has 1 aliphatic rings. The predicted molar refractivity (Wildman–Crippen MR) is 60.2 cm³/mol. The summed E-state index contributed by atoms with van der Waals surface area (Å²) in [5.74, 6) is 0.540. The molecule has 0 bridgehead atoms. The van der Waals surface area contributed by atoms with Crippen LogP contribution in [0.3, 0.4) is 0 Å². The molecule has 0 radical (unpaired) electrons. The molecule has 1 saturated heterocycles. The highest BCUT2D eigenvalue weighted by Crippen LogP contribution is 2.19. The molecule has 1 aromatic rings. The molecular weight excluding hydrogens is 206 g/mol. The summed E-state index contributed by atoms with van der Waals surface area (Å²) in [5, 5.41) is 9.82. The van der Waals surface area contributed by atoms with E-state index < -0.39 is 0 Å². The van der Waals surface area contributed by atoms with Gasteiger partial charge < -0.3 is 9.84 Å². The normalized spacial score (nSPS) is 20.8. The molecular formula is C11H17N3O2. The van der Waals surface area contributed by atoms with E-state index in [1.165, 1.54) is 0 Å². The van der Waals surface area contributed by atoms with Crippen molar-refractivity contribution in [2.24, 2.45) is 5.92 Å². The second-order valence-corrected chi connectivity index (χ2v) is 4.25. The van der Waals surface area contributed by atoms with Gasteiger partial charge >= 0.3 is 0 Å². The highest BCUT2D eigenvalue weighted by molar-refractivity contribution is 5.92. The van der Waals surface area contributed by atoms with Gasteiger partial charge in [-0.05, 0) is 33.2 Å². The third kappa shape index (κ3) is 2.24. The van der Waals surface area contributed by atoms with Gasteiger partial charge in [-0.15, -0.1) is 0 Å². The summed E-state index contributed by atoms with van der Waals surface area (Å²) in [7, 11) is 0. The fraction of sp³-hybridized carbons (Fsp3) is 0.636. The number of nitrogens with one attached hydrogen (secondary N) is 2. The van der Waals surface area contributed by atoms with Gasteiger partial charge in [0.15, 0.2) is 0 Å². The first-order valence-corrected chi connectivity index (χ1v) is 5.63. The number of anilines is 1. The highest BCUT2D eigenvalue weighted by Gasteiger charge is 2.22. The Morgan fingerprint density at radius 2 is 2.38 bits per heavy atom. The average Bonchev–Trinajstić information content (AvgIpc) is 2.62. The smallest absolute Gasteiger partial charge is 0.234 e. The van der Waals surface area contributed by atoms with E-state index in [9.17, 15) is 4.79 Å². The Morgan fingerprint density at radius 1 is 1.56 bits per heavy atom. The van der Waals surface area contributed by atoms with Crippen molar-refractivity contribution < 1.29 is 9.32 Å². The van der Waals surface area contributed by atoms with E-state index in [1.807, 2.05) is 13.8 Å². The largest absolute Gasteiger partial charge is 0.338 e. The van der Waals surface area contributed by atoms with Gasteiger partial charge in [0.25, 0.3) is 0 Å². The molecule has 1 unspecified atom stereocenters. The minimum Gasteiger partial charge on any atom is -0.338 e. The number of hydrogen-bond acceptors (Lipinski definition) is 4. The molecule has 5 nitrogen and oxygen atoms in total. The lowest BCUT2D eigenvalue weighted by Gasteiger charge is -2.21. The molecule has 5 heteroatoms. The van der Waals surface area contributed by atoms with Crippen LogP contribution in [0.25, 0.3) is 0 Å². The topological polar surface area (TPSA) is 67.2 Å². The van der Waals surface area contributed by atoms with Crippen LogP contribution >= 0.6 is 0 Å². The van der Waals surface area contributed by atoms with Crippen LogP contribution in [0.15, 0.2) is 4.52 Å². The van der Waals surface area contributed by atoms with Gasteiger partial charge in [-0.1, -0.05) is 5.16 Å². The summed E-state index contributed by atoms with van der Waals surface area (Å²) in [5.41, 5.74) is 1.72. The molecule has 1 amide bonds. The second kappa shape index (κ2) is 4.65. The molecule has 88 valence electrons. The molecule has 0 saturated carbocycles. The Hall–Kier alpha value is -1.36. The first-order valence-electron chi connectivity index (χ1n) is 5.63. The number of carbonyl (C=O) groups is 1. The summed E-state index contributed by atoms with van der Waals surface area (Å²) in [4.78, 5) is 11.9. The predicted octanol–water partition coefficient (Wildman–Crippen LogP) is 1.23. The molecule has 2 N–H and O–H groups in total. The number of amides is 1.